The number of amides is 2. The van der Waals surface area contributed by atoms with Gasteiger partial charge in [-0.1, -0.05) is 50.1 Å². The molecule has 0 spiro atoms. The second kappa shape index (κ2) is 7.26. The Labute approximate surface area is 134 Å². The number of anilines is 1. The summed E-state index contributed by atoms with van der Waals surface area (Å²) in [5.41, 5.74) is 1.74. The molecule has 3 nitrogen and oxygen atoms in total. The molecule has 0 radical (unpaired) electrons. The van der Waals surface area contributed by atoms with Crippen molar-refractivity contribution in [2.45, 2.75) is 0 Å². The van der Waals surface area contributed by atoms with Crippen molar-refractivity contribution in [1.82, 2.24) is 5.32 Å². The molecule has 20 heavy (non-hydrogen) atoms. The number of hydrogen-bond acceptors (Lipinski definition) is 1. The number of benzene rings is 2. The molecule has 2 rings (SSSR count). The molecule has 0 aliphatic rings. The summed E-state index contributed by atoms with van der Waals surface area (Å²) in [7, 11) is 0. The topological polar surface area (TPSA) is 41.1 Å². The van der Waals surface area contributed by atoms with E-state index >= 15 is 0 Å². The number of carbonyl (C=O) groups is 1. The predicted octanol–water partition coefficient (Wildman–Crippen LogP) is 5.00. The molecule has 0 unspecified atom stereocenters. The van der Waals surface area contributed by atoms with Crippen molar-refractivity contribution in [2.24, 2.45) is 0 Å². The molecule has 2 amide bonds. The van der Waals surface area contributed by atoms with E-state index in [1.165, 1.54) is 0 Å². The summed E-state index contributed by atoms with van der Waals surface area (Å²) >= 11 is 6.72. The fourth-order valence-electron chi connectivity index (χ4n) is 1.52. The first-order valence-corrected chi connectivity index (χ1v) is 7.47. The molecule has 0 saturated carbocycles. The number of nitrogens with one attached hydrogen (secondary N) is 2. The Balaban J connectivity index is 1.87. The molecule has 0 atom stereocenters. The highest BCUT2D eigenvalue weighted by molar-refractivity contribution is 9.10. The lowest BCUT2D eigenvalue weighted by Gasteiger charge is -2.04. The van der Waals surface area contributed by atoms with E-state index in [-0.39, 0.29) is 6.03 Å². The van der Waals surface area contributed by atoms with Crippen molar-refractivity contribution >= 4 is 49.7 Å². The highest BCUT2D eigenvalue weighted by Crippen LogP contribution is 2.15. The molecule has 0 fully saturated rings. The number of halogens is 2. The molecular weight excluding hydrogens is 384 g/mol. The summed E-state index contributed by atoms with van der Waals surface area (Å²) in [5.74, 6) is 0. The van der Waals surface area contributed by atoms with Crippen molar-refractivity contribution in [2.75, 3.05) is 5.32 Å². The van der Waals surface area contributed by atoms with Crippen LogP contribution >= 0.6 is 31.9 Å². The standard InChI is InChI=1S/C15H12Br2N2O/c16-12-6-4-11(5-7-12)8-9-18-15(20)19-14-3-1-2-13(17)10-14/h1-10H,(H2,18,19,20)/b9-8+. The van der Waals surface area contributed by atoms with E-state index in [9.17, 15) is 4.79 Å². The van der Waals surface area contributed by atoms with E-state index in [1.54, 1.807) is 6.20 Å². The summed E-state index contributed by atoms with van der Waals surface area (Å²) in [6.45, 7) is 0. The normalized spacial score (nSPS) is 10.5. The van der Waals surface area contributed by atoms with E-state index in [0.29, 0.717) is 0 Å². The van der Waals surface area contributed by atoms with Gasteiger partial charge in [-0.25, -0.2) is 4.79 Å². The van der Waals surface area contributed by atoms with Gasteiger partial charge < -0.3 is 10.6 Å². The van der Waals surface area contributed by atoms with E-state index in [2.05, 4.69) is 42.5 Å². The lowest BCUT2D eigenvalue weighted by Crippen LogP contribution is -2.23. The van der Waals surface area contributed by atoms with E-state index in [1.807, 2.05) is 54.6 Å². The van der Waals surface area contributed by atoms with Crippen LogP contribution in [0.4, 0.5) is 10.5 Å². The fraction of sp³-hybridized carbons (Fsp3) is 0. The van der Waals surface area contributed by atoms with E-state index in [4.69, 9.17) is 0 Å². The van der Waals surface area contributed by atoms with Crippen LogP contribution in [0.15, 0.2) is 63.7 Å². The van der Waals surface area contributed by atoms with E-state index < -0.39 is 0 Å². The van der Waals surface area contributed by atoms with Gasteiger partial charge >= 0.3 is 6.03 Å². The van der Waals surface area contributed by atoms with Gasteiger partial charge in [0.15, 0.2) is 0 Å². The maximum absolute atomic E-state index is 11.7. The average molecular weight is 396 g/mol. The summed E-state index contributed by atoms with van der Waals surface area (Å²) in [6.07, 6.45) is 3.43. The van der Waals surface area contributed by atoms with Gasteiger partial charge in [0.2, 0.25) is 0 Å². The van der Waals surface area contributed by atoms with Gasteiger partial charge in [0.05, 0.1) is 0 Å². The molecule has 102 valence electrons. The SMILES string of the molecule is O=C(N/C=C/c1ccc(Br)cc1)Nc1cccc(Br)c1. The van der Waals surface area contributed by atoms with E-state index in [0.717, 1.165) is 20.2 Å². The highest BCUT2D eigenvalue weighted by atomic mass is 79.9. The third-order valence-electron chi connectivity index (χ3n) is 2.44. The van der Waals surface area contributed by atoms with Crippen molar-refractivity contribution in [3.05, 3.63) is 69.2 Å². The molecule has 0 saturated heterocycles. The third-order valence-corrected chi connectivity index (χ3v) is 3.46. The first-order valence-electron chi connectivity index (χ1n) is 5.89. The first kappa shape index (κ1) is 14.8. The quantitative estimate of drug-likeness (QED) is 0.753. The Morgan fingerprint density at radius 2 is 1.75 bits per heavy atom. The molecule has 2 aromatic rings. The van der Waals surface area contributed by atoms with Crippen LogP contribution in [0.1, 0.15) is 5.56 Å². The van der Waals surface area contributed by atoms with Crippen molar-refractivity contribution < 1.29 is 4.79 Å². The zero-order valence-electron chi connectivity index (χ0n) is 10.4. The van der Waals surface area contributed by atoms with Crippen LogP contribution < -0.4 is 10.6 Å². The molecule has 2 aromatic carbocycles. The Hall–Kier alpha value is -1.59. The van der Waals surface area contributed by atoms with Gasteiger partial charge in [-0.3, -0.25) is 0 Å². The number of urea groups is 1. The minimum atomic E-state index is -0.281. The maximum atomic E-state index is 11.7. The molecular formula is C15H12Br2N2O. The van der Waals surface area contributed by atoms with Crippen LogP contribution in [0.3, 0.4) is 0 Å². The smallest absolute Gasteiger partial charge is 0.314 e. The van der Waals surface area contributed by atoms with Gasteiger partial charge in [-0.05, 0) is 42.0 Å². The largest absolute Gasteiger partial charge is 0.323 e. The van der Waals surface area contributed by atoms with Crippen LogP contribution in [0, 0.1) is 0 Å². The first-order chi connectivity index (χ1) is 9.63. The third kappa shape index (κ3) is 4.83. The monoisotopic (exact) mass is 394 g/mol. The molecule has 0 aliphatic heterocycles. The Kier molecular flexibility index (Phi) is 5.38. The molecule has 0 aromatic heterocycles. The minimum Gasteiger partial charge on any atom is -0.314 e. The molecule has 5 heteroatoms. The Morgan fingerprint density at radius 1 is 1.00 bits per heavy atom. The Morgan fingerprint density at radius 3 is 2.45 bits per heavy atom. The molecule has 2 N–H and O–H groups in total. The lowest BCUT2D eigenvalue weighted by atomic mass is 10.2. The number of hydrogen-bond donors (Lipinski definition) is 2. The maximum Gasteiger partial charge on any atom is 0.323 e. The number of carbonyl (C=O) groups excluding carboxylic acids is 1. The van der Waals surface area contributed by atoms with Crippen molar-refractivity contribution in [3.8, 4) is 0 Å². The van der Waals surface area contributed by atoms with Gasteiger partial charge in [-0.2, -0.15) is 0 Å². The fourth-order valence-corrected chi connectivity index (χ4v) is 2.18. The van der Waals surface area contributed by atoms with Crippen LogP contribution in [-0.2, 0) is 0 Å². The van der Waals surface area contributed by atoms with Gasteiger partial charge in [0, 0.05) is 20.8 Å². The average Bonchev–Trinajstić information content (AvgIpc) is 2.41. The van der Waals surface area contributed by atoms with Crippen LogP contribution in [0.5, 0.6) is 0 Å². The highest BCUT2D eigenvalue weighted by Gasteiger charge is 1.99. The predicted molar refractivity (Wildman–Crippen MR) is 89.5 cm³/mol. The molecule has 0 heterocycles. The summed E-state index contributed by atoms with van der Waals surface area (Å²) in [5, 5.41) is 5.40. The zero-order chi connectivity index (χ0) is 14.4. The summed E-state index contributed by atoms with van der Waals surface area (Å²) < 4.78 is 1.94. The molecule has 0 aliphatic carbocycles. The van der Waals surface area contributed by atoms with Crippen LogP contribution in [0.25, 0.3) is 6.08 Å². The van der Waals surface area contributed by atoms with Crippen molar-refractivity contribution in [3.63, 3.8) is 0 Å². The lowest BCUT2D eigenvalue weighted by molar-refractivity contribution is 0.255. The minimum absolute atomic E-state index is 0.281. The number of rotatable bonds is 3. The van der Waals surface area contributed by atoms with Crippen molar-refractivity contribution in [1.29, 1.82) is 0 Å². The van der Waals surface area contributed by atoms with Crippen LogP contribution in [-0.4, -0.2) is 6.03 Å². The summed E-state index contributed by atoms with van der Waals surface area (Å²) in [4.78, 5) is 11.7. The second-order valence-electron chi connectivity index (χ2n) is 3.99. The molecule has 0 bridgehead atoms. The van der Waals surface area contributed by atoms with Gasteiger partial charge in [-0.15, -0.1) is 0 Å². The van der Waals surface area contributed by atoms with Crippen LogP contribution in [0.2, 0.25) is 0 Å². The Bertz CT molecular complexity index is 624. The summed E-state index contributed by atoms with van der Waals surface area (Å²) in [6, 6.07) is 14.9. The van der Waals surface area contributed by atoms with Gasteiger partial charge in [0.25, 0.3) is 0 Å². The zero-order valence-corrected chi connectivity index (χ0v) is 13.6. The second-order valence-corrected chi connectivity index (χ2v) is 5.83. The van der Waals surface area contributed by atoms with Gasteiger partial charge in [0.1, 0.15) is 0 Å².